The molecule has 0 aromatic heterocycles. The van der Waals surface area contributed by atoms with Gasteiger partial charge in [0.05, 0.1) is 6.61 Å². The Balaban J connectivity index is 2.49. The van der Waals surface area contributed by atoms with E-state index in [1.807, 2.05) is 30.3 Å². The van der Waals surface area contributed by atoms with Gasteiger partial charge in [0.25, 0.3) is 0 Å². The lowest BCUT2D eigenvalue weighted by molar-refractivity contribution is 0.282. The molecule has 0 aliphatic rings. The lowest BCUT2D eigenvalue weighted by atomic mass is 9.99. The first-order valence-corrected chi connectivity index (χ1v) is 5.07. The molecule has 0 radical (unpaired) electrons. The maximum absolute atomic E-state index is 9.08. The maximum atomic E-state index is 9.08. The van der Waals surface area contributed by atoms with Crippen LogP contribution in [0.4, 0.5) is 0 Å². The Hall–Kier alpha value is -1.60. The van der Waals surface area contributed by atoms with Gasteiger partial charge in [0.1, 0.15) is 0 Å². The lowest BCUT2D eigenvalue weighted by Gasteiger charge is -2.06. The number of benzene rings is 2. The third-order valence-electron chi connectivity index (χ3n) is 2.57. The minimum Gasteiger partial charge on any atom is -0.392 e. The van der Waals surface area contributed by atoms with Gasteiger partial charge in [-0.25, -0.2) is 0 Å². The van der Waals surface area contributed by atoms with Crippen LogP contribution in [-0.2, 0) is 6.61 Å². The zero-order valence-corrected chi connectivity index (χ0v) is 8.77. The van der Waals surface area contributed by atoms with Gasteiger partial charge in [-0.1, -0.05) is 42.5 Å². The van der Waals surface area contributed by atoms with E-state index in [9.17, 15) is 0 Å². The molecule has 2 aromatic rings. The molecule has 0 spiro atoms. The van der Waals surface area contributed by atoms with Gasteiger partial charge in [0, 0.05) is 0 Å². The fourth-order valence-corrected chi connectivity index (χ4v) is 1.73. The van der Waals surface area contributed by atoms with Crippen molar-refractivity contribution in [1.82, 2.24) is 0 Å². The topological polar surface area (TPSA) is 20.2 Å². The highest BCUT2D eigenvalue weighted by molar-refractivity contribution is 5.67. The number of hydrogen-bond acceptors (Lipinski definition) is 1. The molecule has 2 aromatic carbocycles. The van der Waals surface area contributed by atoms with Crippen LogP contribution in [0.5, 0.6) is 0 Å². The SMILES string of the molecule is Cc1ccccc1-c1cccc(CO)c1. The molecular formula is C14H14O. The van der Waals surface area contributed by atoms with Gasteiger partial charge in [0.2, 0.25) is 0 Å². The molecule has 0 unspecified atom stereocenters. The van der Waals surface area contributed by atoms with Crippen LogP contribution in [0, 0.1) is 6.92 Å². The molecule has 0 aliphatic carbocycles. The molecule has 2 rings (SSSR count). The number of hydrogen-bond donors (Lipinski definition) is 1. The van der Waals surface area contributed by atoms with Crippen molar-refractivity contribution in [2.24, 2.45) is 0 Å². The summed E-state index contributed by atoms with van der Waals surface area (Å²) in [6.07, 6.45) is 0. The summed E-state index contributed by atoms with van der Waals surface area (Å²) in [5.41, 5.74) is 4.61. The van der Waals surface area contributed by atoms with Gasteiger partial charge in [-0.3, -0.25) is 0 Å². The van der Waals surface area contributed by atoms with E-state index in [0.717, 1.165) is 5.56 Å². The van der Waals surface area contributed by atoms with Gasteiger partial charge >= 0.3 is 0 Å². The summed E-state index contributed by atoms with van der Waals surface area (Å²) < 4.78 is 0. The lowest BCUT2D eigenvalue weighted by Crippen LogP contribution is -1.86. The molecule has 0 saturated heterocycles. The molecule has 0 fully saturated rings. The van der Waals surface area contributed by atoms with E-state index in [1.165, 1.54) is 16.7 Å². The Bertz CT molecular complexity index is 460. The fraction of sp³-hybridized carbons (Fsp3) is 0.143. The second-order valence-electron chi connectivity index (χ2n) is 3.67. The third kappa shape index (κ3) is 2.08. The number of aryl methyl sites for hydroxylation is 1. The number of aliphatic hydroxyl groups excluding tert-OH is 1. The Morgan fingerprint density at radius 1 is 1.00 bits per heavy atom. The van der Waals surface area contributed by atoms with Crippen molar-refractivity contribution in [2.75, 3.05) is 0 Å². The first-order valence-electron chi connectivity index (χ1n) is 5.07. The normalized spacial score (nSPS) is 10.3. The summed E-state index contributed by atoms with van der Waals surface area (Å²) in [4.78, 5) is 0. The zero-order valence-electron chi connectivity index (χ0n) is 8.77. The zero-order chi connectivity index (χ0) is 10.7. The molecule has 1 nitrogen and oxygen atoms in total. The van der Waals surface area contributed by atoms with Crippen LogP contribution in [0.1, 0.15) is 11.1 Å². The van der Waals surface area contributed by atoms with E-state index in [4.69, 9.17) is 5.11 Å². The monoisotopic (exact) mass is 198 g/mol. The molecule has 1 heteroatoms. The molecule has 1 N–H and O–H groups in total. The Labute approximate surface area is 90.0 Å². The number of rotatable bonds is 2. The van der Waals surface area contributed by atoms with E-state index in [0.29, 0.717) is 0 Å². The van der Waals surface area contributed by atoms with Crippen LogP contribution in [0.15, 0.2) is 48.5 Å². The van der Waals surface area contributed by atoms with Crippen molar-refractivity contribution in [3.63, 3.8) is 0 Å². The summed E-state index contributed by atoms with van der Waals surface area (Å²) in [5, 5.41) is 9.08. The third-order valence-corrected chi connectivity index (χ3v) is 2.57. The van der Waals surface area contributed by atoms with Crippen molar-refractivity contribution in [3.8, 4) is 11.1 Å². The highest BCUT2D eigenvalue weighted by atomic mass is 16.3. The van der Waals surface area contributed by atoms with Gasteiger partial charge < -0.3 is 5.11 Å². The molecule has 0 atom stereocenters. The fourth-order valence-electron chi connectivity index (χ4n) is 1.73. The first-order chi connectivity index (χ1) is 7.31. The number of aliphatic hydroxyl groups is 1. The standard InChI is InChI=1S/C14H14O/c1-11-5-2-3-8-14(11)13-7-4-6-12(9-13)10-15/h2-9,15H,10H2,1H3. The predicted molar refractivity (Wildman–Crippen MR) is 62.5 cm³/mol. The van der Waals surface area contributed by atoms with E-state index in [2.05, 4.69) is 25.1 Å². The first kappa shape index (κ1) is 9.94. The van der Waals surface area contributed by atoms with E-state index < -0.39 is 0 Å². The Kier molecular flexibility index (Phi) is 2.84. The highest BCUT2D eigenvalue weighted by Crippen LogP contribution is 2.23. The van der Waals surface area contributed by atoms with E-state index in [-0.39, 0.29) is 6.61 Å². The van der Waals surface area contributed by atoms with Gasteiger partial charge in [-0.2, -0.15) is 0 Å². The Morgan fingerprint density at radius 2 is 1.80 bits per heavy atom. The average molecular weight is 198 g/mol. The van der Waals surface area contributed by atoms with Crippen LogP contribution in [0.3, 0.4) is 0 Å². The van der Waals surface area contributed by atoms with Crippen molar-refractivity contribution in [2.45, 2.75) is 13.5 Å². The molecule has 0 aliphatic heterocycles. The molecule has 0 bridgehead atoms. The smallest absolute Gasteiger partial charge is 0.0682 e. The van der Waals surface area contributed by atoms with E-state index in [1.54, 1.807) is 0 Å². The van der Waals surface area contributed by atoms with E-state index >= 15 is 0 Å². The average Bonchev–Trinajstić information content (AvgIpc) is 2.30. The van der Waals surface area contributed by atoms with Crippen LogP contribution in [-0.4, -0.2) is 5.11 Å². The van der Waals surface area contributed by atoms with Crippen molar-refractivity contribution in [3.05, 3.63) is 59.7 Å². The molecular weight excluding hydrogens is 184 g/mol. The largest absolute Gasteiger partial charge is 0.392 e. The van der Waals surface area contributed by atoms with Crippen LogP contribution < -0.4 is 0 Å². The molecule has 0 heterocycles. The van der Waals surface area contributed by atoms with Crippen molar-refractivity contribution in [1.29, 1.82) is 0 Å². The van der Waals surface area contributed by atoms with Gasteiger partial charge in [0.15, 0.2) is 0 Å². The summed E-state index contributed by atoms with van der Waals surface area (Å²) >= 11 is 0. The summed E-state index contributed by atoms with van der Waals surface area (Å²) in [5.74, 6) is 0. The van der Waals surface area contributed by atoms with Crippen LogP contribution in [0.2, 0.25) is 0 Å². The van der Waals surface area contributed by atoms with Gasteiger partial charge in [-0.15, -0.1) is 0 Å². The van der Waals surface area contributed by atoms with Gasteiger partial charge in [-0.05, 0) is 35.2 Å². The molecule has 0 amide bonds. The maximum Gasteiger partial charge on any atom is 0.0682 e. The molecule has 76 valence electrons. The molecule has 15 heavy (non-hydrogen) atoms. The highest BCUT2D eigenvalue weighted by Gasteiger charge is 2.00. The van der Waals surface area contributed by atoms with Crippen molar-refractivity contribution < 1.29 is 5.11 Å². The van der Waals surface area contributed by atoms with Crippen molar-refractivity contribution >= 4 is 0 Å². The quantitative estimate of drug-likeness (QED) is 0.786. The minimum absolute atomic E-state index is 0.0969. The summed E-state index contributed by atoms with van der Waals surface area (Å²) in [6, 6.07) is 16.3. The Morgan fingerprint density at radius 3 is 2.53 bits per heavy atom. The second kappa shape index (κ2) is 4.28. The summed E-state index contributed by atoms with van der Waals surface area (Å²) in [6.45, 7) is 2.20. The van der Waals surface area contributed by atoms with Crippen LogP contribution in [0.25, 0.3) is 11.1 Å². The summed E-state index contributed by atoms with van der Waals surface area (Å²) in [7, 11) is 0. The second-order valence-corrected chi connectivity index (χ2v) is 3.67. The van der Waals surface area contributed by atoms with Crippen LogP contribution >= 0.6 is 0 Å². The predicted octanol–water partition coefficient (Wildman–Crippen LogP) is 3.15. The molecule has 0 saturated carbocycles. The minimum atomic E-state index is 0.0969.